The van der Waals surface area contributed by atoms with Gasteiger partial charge in [-0.1, -0.05) is 5.92 Å². The first-order valence-corrected chi connectivity index (χ1v) is 6.19. The number of likely N-dealkylation sites (N-methyl/N-ethyl adjacent to an activating group) is 1. The molecule has 0 aromatic rings. The van der Waals surface area contributed by atoms with Gasteiger partial charge in [0.05, 0.1) is 24.8 Å². The van der Waals surface area contributed by atoms with E-state index in [0.29, 0.717) is 6.54 Å². The maximum Gasteiger partial charge on any atom is 0.318 e. The Morgan fingerprint density at radius 1 is 1.53 bits per heavy atom. The lowest BCUT2D eigenvalue weighted by molar-refractivity contribution is -0.142. The summed E-state index contributed by atoms with van der Waals surface area (Å²) in [5.74, 6) is 0.821. The Hall–Kier alpha value is -1.74. The first-order chi connectivity index (χ1) is 8.82. The quantitative estimate of drug-likeness (QED) is 0.729. The van der Waals surface area contributed by atoms with Crippen molar-refractivity contribution in [3.8, 4) is 12.3 Å². The molecular formula is C13H20N2O4. The summed E-state index contributed by atoms with van der Waals surface area (Å²) in [4.78, 5) is 24.8. The van der Waals surface area contributed by atoms with E-state index in [9.17, 15) is 9.59 Å². The summed E-state index contributed by atoms with van der Waals surface area (Å²) >= 11 is 0. The van der Waals surface area contributed by atoms with Gasteiger partial charge in [0.1, 0.15) is 5.92 Å². The van der Waals surface area contributed by atoms with Crippen molar-refractivity contribution < 1.29 is 19.4 Å². The molecule has 0 aromatic heterocycles. The molecule has 19 heavy (non-hydrogen) atoms. The van der Waals surface area contributed by atoms with Crippen LogP contribution in [0.2, 0.25) is 0 Å². The van der Waals surface area contributed by atoms with Crippen LogP contribution in [0.5, 0.6) is 0 Å². The molecule has 0 saturated carbocycles. The average molecular weight is 268 g/mol. The van der Waals surface area contributed by atoms with Gasteiger partial charge in [0.15, 0.2) is 0 Å². The molecule has 0 radical (unpaired) electrons. The van der Waals surface area contributed by atoms with E-state index in [1.165, 1.54) is 4.90 Å². The van der Waals surface area contributed by atoms with Crippen LogP contribution < -0.4 is 5.32 Å². The van der Waals surface area contributed by atoms with Crippen molar-refractivity contribution in [3.63, 3.8) is 0 Å². The van der Waals surface area contributed by atoms with Crippen LogP contribution in [0.15, 0.2) is 0 Å². The Balaban J connectivity index is 2.80. The van der Waals surface area contributed by atoms with Gasteiger partial charge in [-0.05, 0) is 20.8 Å². The minimum Gasteiger partial charge on any atom is -0.481 e. The standard InChI is InChI=1S/C13H20N2O4/c1-5-13(3,4)14-12(18)15(6-2)10-8-19-7-9(10)11(16)17/h1,9-10H,6-8H2,2-4H3,(H,14,18)(H,16,17). The summed E-state index contributed by atoms with van der Waals surface area (Å²) in [5.41, 5.74) is -0.775. The van der Waals surface area contributed by atoms with Crippen molar-refractivity contribution in [1.82, 2.24) is 10.2 Å². The van der Waals surface area contributed by atoms with Gasteiger partial charge in [0.25, 0.3) is 0 Å². The second-order valence-corrected chi connectivity index (χ2v) is 5.04. The van der Waals surface area contributed by atoms with Gasteiger partial charge < -0.3 is 20.1 Å². The van der Waals surface area contributed by atoms with Crippen molar-refractivity contribution in [3.05, 3.63) is 0 Å². The van der Waals surface area contributed by atoms with Gasteiger partial charge in [-0.2, -0.15) is 0 Å². The molecule has 0 spiro atoms. The molecule has 1 heterocycles. The van der Waals surface area contributed by atoms with Crippen molar-refractivity contribution in [2.24, 2.45) is 5.92 Å². The number of carbonyl (C=O) groups excluding carboxylic acids is 1. The third-order valence-corrected chi connectivity index (χ3v) is 3.15. The van der Waals surface area contributed by atoms with Crippen LogP contribution in [0.25, 0.3) is 0 Å². The van der Waals surface area contributed by atoms with Gasteiger partial charge in [-0.3, -0.25) is 4.79 Å². The van der Waals surface area contributed by atoms with Crippen LogP contribution in [-0.4, -0.2) is 53.3 Å². The monoisotopic (exact) mass is 268 g/mol. The molecule has 2 amide bonds. The van der Waals surface area contributed by atoms with E-state index < -0.39 is 23.5 Å². The lowest BCUT2D eigenvalue weighted by Gasteiger charge is -2.32. The molecule has 1 saturated heterocycles. The molecule has 0 aromatic carbocycles. The first kappa shape index (κ1) is 15.3. The van der Waals surface area contributed by atoms with Crippen LogP contribution in [0.3, 0.4) is 0 Å². The zero-order chi connectivity index (χ0) is 14.6. The molecule has 0 bridgehead atoms. The highest BCUT2D eigenvalue weighted by Crippen LogP contribution is 2.20. The number of hydrogen-bond donors (Lipinski definition) is 2. The minimum absolute atomic E-state index is 0.127. The van der Waals surface area contributed by atoms with Crippen molar-refractivity contribution in [2.75, 3.05) is 19.8 Å². The number of rotatable bonds is 4. The number of nitrogens with zero attached hydrogens (tertiary/aromatic N) is 1. The molecule has 1 aliphatic heterocycles. The molecule has 106 valence electrons. The van der Waals surface area contributed by atoms with Gasteiger partial charge >= 0.3 is 12.0 Å². The second-order valence-electron chi connectivity index (χ2n) is 5.04. The maximum atomic E-state index is 12.2. The summed E-state index contributed by atoms with van der Waals surface area (Å²) in [6, 6.07) is -0.830. The highest BCUT2D eigenvalue weighted by Gasteiger charge is 2.40. The number of hydrogen-bond acceptors (Lipinski definition) is 3. The SMILES string of the molecule is C#CC(C)(C)NC(=O)N(CC)C1COCC1C(=O)O. The lowest BCUT2D eigenvalue weighted by Crippen LogP contribution is -2.55. The summed E-state index contributed by atoms with van der Waals surface area (Å²) in [6.45, 7) is 5.96. The van der Waals surface area contributed by atoms with E-state index in [1.807, 2.05) is 0 Å². The number of amides is 2. The van der Waals surface area contributed by atoms with Crippen molar-refractivity contribution >= 4 is 12.0 Å². The number of ether oxygens (including phenoxy) is 1. The first-order valence-electron chi connectivity index (χ1n) is 6.19. The molecule has 1 rings (SSSR count). The molecule has 1 fully saturated rings. The second kappa shape index (κ2) is 5.93. The Bertz CT molecular complexity index is 400. The number of carboxylic acids is 1. The number of carboxylic acid groups (broad SMARTS) is 1. The molecule has 0 aliphatic carbocycles. The van der Waals surface area contributed by atoms with Crippen LogP contribution in [0.4, 0.5) is 4.79 Å². The predicted molar refractivity (Wildman–Crippen MR) is 69.6 cm³/mol. The highest BCUT2D eigenvalue weighted by molar-refractivity contribution is 5.78. The third kappa shape index (κ3) is 3.61. The maximum absolute atomic E-state index is 12.2. The van der Waals surface area contributed by atoms with E-state index in [-0.39, 0.29) is 19.2 Å². The molecule has 2 N–H and O–H groups in total. The minimum atomic E-state index is -0.954. The van der Waals surface area contributed by atoms with Crippen LogP contribution >= 0.6 is 0 Å². The third-order valence-electron chi connectivity index (χ3n) is 3.15. The molecule has 2 unspecified atom stereocenters. The number of aliphatic carboxylic acids is 1. The zero-order valence-corrected chi connectivity index (χ0v) is 11.5. The summed E-state index contributed by atoms with van der Waals surface area (Å²) in [5, 5.41) is 11.8. The number of urea groups is 1. The van der Waals surface area contributed by atoms with Gasteiger partial charge in [0, 0.05) is 6.54 Å². The van der Waals surface area contributed by atoms with Gasteiger partial charge in [-0.25, -0.2) is 4.79 Å². The van der Waals surface area contributed by atoms with Gasteiger partial charge in [-0.15, -0.1) is 6.42 Å². The van der Waals surface area contributed by atoms with E-state index in [2.05, 4.69) is 11.2 Å². The topological polar surface area (TPSA) is 78.9 Å². The number of nitrogens with one attached hydrogen (secondary N) is 1. The zero-order valence-electron chi connectivity index (χ0n) is 11.5. The molecule has 1 aliphatic rings. The molecule has 2 atom stereocenters. The molecule has 6 nitrogen and oxygen atoms in total. The Morgan fingerprint density at radius 3 is 2.63 bits per heavy atom. The van der Waals surface area contributed by atoms with E-state index >= 15 is 0 Å². The smallest absolute Gasteiger partial charge is 0.318 e. The molecule has 6 heteroatoms. The highest BCUT2D eigenvalue weighted by atomic mass is 16.5. The average Bonchev–Trinajstić information content (AvgIpc) is 2.78. The fourth-order valence-electron chi connectivity index (χ4n) is 1.99. The van der Waals surface area contributed by atoms with Crippen molar-refractivity contribution in [2.45, 2.75) is 32.4 Å². The van der Waals surface area contributed by atoms with E-state index in [4.69, 9.17) is 16.3 Å². The summed E-state index contributed by atoms with van der Waals surface area (Å²) in [7, 11) is 0. The van der Waals surface area contributed by atoms with E-state index in [1.54, 1.807) is 20.8 Å². The number of terminal acetylenes is 1. The largest absolute Gasteiger partial charge is 0.481 e. The van der Waals surface area contributed by atoms with E-state index in [0.717, 1.165) is 0 Å². The normalized spacial score (nSPS) is 22.6. The van der Waals surface area contributed by atoms with Crippen LogP contribution in [-0.2, 0) is 9.53 Å². The van der Waals surface area contributed by atoms with Crippen molar-refractivity contribution in [1.29, 1.82) is 0 Å². The Labute approximate surface area is 113 Å². The number of carbonyl (C=O) groups is 2. The fourth-order valence-corrected chi connectivity index (χ4v) is 1.99. The Morgan fingerprint density at radius 2 is 2.16 bits per heavy atom. The molecular weight excluding hydrogens is 248 g/mol. The summed E-state index contributed by atoms with van der Waals surface area (Å²) in [6.07, 6.45) is 5.32. The lowest BCUT2D eigenvalue weighted by atomic mass is 10.0. The predicted octanol–water partition coefficient (Wildman–Crippen LogP) is 0.529. The van der Waals surface area contributed by atoms with Crippen LogP contribution in [0.1, 0.15) is 20.8 Å². The van der Waals surface area contributed by atoms with Crippen LogP contribution in [0, 0.1) is 18.3 Å². The fraction of sp³-hybridized carbons (Fsp3) is 0.692. The summed E-state index contributed by atoms with van der Waals surface area (Å²) < 4.78 is 5.18. The Kier molecular flexibility index (Phi) is 4.78. The van der Waals surface area contributed by atoms with Gasteiger partial charge in [0.2, 0.25) is 0 Å².